The molecule has 172 valence electrons. The van der Waals surface area contributed by atoms with Gasteiger partial charge in [-0.05, 0) is 24.6 Å². The van der Waals surface area contributed by atoms with Crippen LogP contribution < -0.4 is 10.1 Å². The van der Waals surface area contributed by atoms with Gasteiger partial charge in [0.15, 0.2) is 0 Å². The number of rotatable bonds is 5. The van der Waals surface area contributed by atoms with Crippen molar-refractivity contribution in [1.82, 2.24) is 19.8 Å². The van der Waals surface area contributed by atoms with Gasteiger partial charge in [-0.3, -0.25) is 0 Å². The highest BCUT2D eigenvalue weighted by molar-refractivity contribution is 6.28. The normalized spacial score (nSPS) is 16.8. The number of carbonyl (C=O) groups is 1. The van der Waals surface area contributed by atoms with Crippen LogP contribution >= 0.6 is 11.6 Å². The summed E-state index contributed by atoms with van der Waals surface area (Å²) in [6.45, 7) is 4.58. The fourth-order valence-corrected chi connectivity index (χ4v) is 4.23. The zero-order valence-corrected chi connectivity index (χ0v) is 18.5. The summed E-state index contributed by atoms with van der Waals surface area (Å²) < 4.78 is 37.4. The number of aromatic nitrogens is 2. The third kappa shape index (κ3) is 4.42. The van der Waals surface area contributed by atoms with Crippen LogP contribution in [0.3, 0.4) is 0 Å². The van der Waals surface area contributed by atoms with Crippen molar-refractivity contribution in [3.05, 3.63) is 45.9 Å². The molecule has 1 saturated heterocycles. The number of hydrogen-bond donors (Lipinski definition) is 1. The second-order valence-electron chi connectivity index (χ2n) is 7.64. The molecule has 0 saturated carbocycles. The van der Waals surface area contributed by atoms with Gasteiger partial charge in [0.25, 0.3) is 6.43 Å². The summed E-state index contributed by atoms with van der Waals surface area (Å²) in [5, 5.41) is 3.30. The number of hydrogen-bond acceptors (Lipinski definition) is 6. The Bertz CT molecular complexity index is 1000. The summed E-state index contributed by atoms with van der Waals surface area (Å²) >= 11 is 6.14. The van der Waals surface area contributed by atoms with Crippen molar-refractivity contribution in [2.45, 2.75) is 32.5 Å². The summed E-state index contributed by atoms with van der Waals surface area (Å²) in [6, 6.07) is 4.13. The van der Waals surface area contributed by atoms with Crippen molar-refractivity contribution in [3.63, 3.8) is 0 Å². The van der Waals surface area contributed by atoms with Crippen LogP contribution in [0.25, 0.3) is 0 Å². The molecule has 0 unspecified atom stereocenters. The molecule has 1 aromatic carbocycles. The van der Waals surface area contributed by atoms with Crippen molar-refractivity contribution in [3.8, 4) is 5.75 Å². The Morgan fingerprint density at radius 2 is 1.91 bits per heavy atom. The lowest BCUT2D eigenvalue weighted by Gasteiger charge is -2.30. The molecule has 4 rings (SSSR count). The van der Waals surface area contributed by atoms with E-state index in [4.69, 9.17) is 21.1 Å². The molecular formula is C21H24ClF2N5O3. The molecule has 3 heterocycles. The number of urea groups is 1. The van der Waals surface area contributed by atoms with E-state index in [-0.39, 0.29) is 22.6 Å². The summed E-state index contributed by atoms with van der Waals surface area (Å²) in [4.78, 5) is 24.9. The predicted octanol–water partition coefficient (Wildman–Crippen LogP) is 4.02. The van der Waals surface area contributed by atoms with Gasteiger partial charge in [-0.2, -0.15) is 0 Å². The van der Waals surface area contributed by atoms with Gasteiger partial charge in [-0.25, -0.2) is 23.5 Å². The molecule has 1 N–H and O–H groups in total. The van der Waals surface area contributed by atoms with E-state index in [1.54, 1.807) is 21.9 Å². The van der Waals surface area contributed by atoms with Crippen molar-refractivity contribution < 1.29 is 23.0 Å². The molecule has 8 nitrogen and oxygen atoms in total. The van der Waals surface area contributed by atoms with Crippen LogP contribution in [0.4, 0.5) is 19.4 Å². The lowest BCUT2D eigenvalue weighted by molar-refractivity contribution is 0.0429. The van der Waals surface area contributed by atoms with E-state index in [0.717, 1.165) is 5.56 Å². The summed E-state index contributed by atoms with van der Waals surface area (Å²) in [5.41, 5.74) is 1.81. The first-order chi connectivity index (χ1) is 15.4. The van der Waals surface area contributed by atoms with E-state index in [2.05, 4.69) is 15.3 Å². The minimum absolute atomic E-state index is 0.0485. The summed E-state index contributed by atoms with van der Waals surface area (Å²) in [7, 11) is 1.37. The van der Waals surface area contributed by atoms with Gasteiger partial charge < -0.3 is 24.6 Å². The first-order valence-corrected chi connectivity index (χ1v) is 10.6. The van der Waals surface area contributed by atoms with Crippen LogP contribution in [0.15, 0.2) is 18.2 Å². The van der Waals surface area contributed by atoms with Crippen LogP contribution in [0.5, 0.6) is 5.75 Å². The van der Waals surface area contributed by atoms with Gasteiger partial charge >= 0.3 is 6.03 Å². The number of methoxy groups -OCH3 is 1. The Kier molecular flexibility index (Phi) is 6.61. The maximum absolute atomic E-state index is 13.4. The first kappa shape index (κ1) is 22.5. The molecule has 1 aromatic heterocycles. The summed E-state index contributed by atoms with van der Waals surface area (Å²) in [5.74, 6) is 0.595. The van der Waals surface area contributed by atoms with Gasteiger partial charge in [0, 0.05) is 24.2 Å². The molecule has 0 radical (unpaired) electrons. The number of para-hydroxylation sites is 1. The van der Waals surface area contributed by atoms with Crippen molar-refractivity contribution in [1.29, 1.82) is 0 Å². The highest BCUT2D eigenvalue weighted by Gasteiger charge is 2.32. The molecule has 1 fully saturated rings. The van der Waals surface area contributed by atoms with E-state index in [1.165, 1.54) is 13.2 Å². The first-order valence-electron chi connectivity index (χ1n) is 10.3. The standard InChI is InChI=1S/C21H24ClF2N5O3/c1-12(13-4-3-5-14(18(23)24)17(13)31-2)25-19-15-10-29(11-16(15)26-20(22)27-19)21(30)28-6-8-32-9-7-28/h3-5,12,18H,6-11H2,1-2H3,(H,25,26,27)/t12-/m1/s1. The number of nitrogens with one attached hydrogen (secondary N) is 1. The molecule has 0 bridgehead atoms. The van der Waals surface area contributed by atoms with Gasteiger partial charge in [0.2, 0.25) is 5.28 Å². The number of benzene rings is 1. The van der Waals surface area contributed by atoms with Gasteiger partial charge in [-0.1, -0.05) is 12.1 Å². The molecule has 2 aliphatic heterocycles. The number of fused-ring (bicyclic) bond motifs is 1. The Hall–Kier alpha value is -2.72. The van der Waals surface area contributed by atoms with Crippen LogP contribution in [0.2, 0.25) is 5.28 Å². The van der Waals surface area contributed by atoms with E-state index in [0.29, 0.717) is 56.5 Å². The smallest absolute Gasteiger partial charge is 0.320 e. The minimum atomic E-state index is -2.66. The molecule has 11 heteroatoms. The molecule has 2 aromatic rings. The third-order valence-electron chi connectivity index (χ3n) is 5.64. The highest BCUT2D eigenvalue weighted by Crippen LogP contribution is 2.37. The lowest BCUT2D eigenvalue weighted by atomic mass is 10.0. The van der Waals surface area contributed by atoms with Crippen molar-refractivity contribution in [2.24, 2.45) is 0 Å². The number of ether oxygens (including phenoxy) is 2. The Morgan fingerprint density at radius 3 is 2.59 bits per heavy atom. The number of carbonyl (C=O) groups excluding carboxylic acids is 1. The zero-order chi connectivity index (χ0) is 22.8. The number of alkyl halides is 2. The van der Waals surface area contributed by atoms with Gasteiger partial charge in [0.05, 0.1) is 50.7 Å². The second-order valence-corrected chi connectivity index (χ2v) is 7.98. The number of anilines is 1. The molecule has 2 aliphatic rings. The van der Waals surface area contributed by atoms with Crippen molar-refractivity contribution in [2.75, 3.05) is 38.7 Å². The van der Waals surface area contributed by atoms with Crippen LogP contribution in [-0.2, 0) is 17.8 Å². The van der Waals surface area contributed by atoms with E-state index in [9.17, 15) is 13.6 Å². The van der Waals surface area contributed by atoms with Gasteiger partial charge in [-0.15, -0.1) is 0 Å². The average molecular weight is 468 g/mol. The molecule has 32 heavy (non-hydrogen) atoms. The fraction of sp³-hybridized carbons (Fsp3) is 0.476. The molecule has 1 atom stereocenters. The van der Waals surface area contributed by atoms with Crippen LogP contribution in [0, 0.1) is 0 Å². The lowest BCUT2D eigenvalue weighted by Crippen LogP contribution is -2.46. The predicted molar refractivity (Wildman–Crippen MR) is 114 cm³/mol. The number of halogens is 3. The minimum Gasteiger partial charge on any atom is -0.496 e. The Labute approximate surface area is 189 Å². The van der Waals surface area contributed by atoms with Crippen LogP contribution in [-0.4, -0.2) is 59.2 Å². The second kappa shape index (κ2) is 9.41. The van der Waals surface area contributed by atoms with E-state index < -0.39 is 12.5 Å². The van der Waals surface area contributed by atoms with E-state index >= 15 is 0 Å². The molecular weight excluding hydrogens is 444 g/mol. The van der Waals surface area contributed by atoms with E-state index in [1.807, 2.05) is 6.92 Å². The maximum atomic E-state index is 13.4. The molecule has 0 spiro atoms. The number of morpholine rings is 1. The maximum Gasteiger partial charge on any atom is 0.320 e. The quantitative estimate of drug-likeness (QED) is 0.669. The summed E-state index contributed by atoms with van der Waals surface area (Å²) in [6.07, 6.45) is -2.66. The largest absolute Gasteiger partial charge is 0.496 e. The highest BCUT2D eigenvalue weighted by atomic mass is 35.5. The monoisotopic (exact) mass is 467 g/mol. The van der Waals surface area contributed by atoms with Gasteiger partial charge in [0.1, 0.15) is 11.6 Å². The number of amides is 2. The molecule has 0 aliphatic carbocycles. The third-order valence-corrected chi connectivity index (χ3v) is 5.81. The fourth-order valence-electron chi connectivity index (χ4n) is 4.04. The molecule has 2 amide bonds. The van der Waals surface area contributed by atoms with Crippen LogP contribution in [0.1, 0.15) is 41.8 Å². The Morgan fingerprint density at radius 1 is 1.19 bits per heavy atom. The Balaban J connectivity index is 1.57. The topological polar surface area (TPSA) is 79.8 Å². The average Bonchev–Trinajstić information content (AvgIpc) is 3.22. The van der Waals surface area contributed by atoms with Crippen molar-refractivity contribution >= 4 is 23.4 Å². The number of nitrogens with zero attached hydrogens (tertiary/aromatic N) is 4. The zero-order valence-electron chi connectivity index (χ0n) is 17.8. The SMILES string of the molecule is COc1c(C(F)F)cccc1[C@@H](C)Nc1nc(Cl)nc2c1CN(C(=O)N1CCOCC1)C2.